The molecule has 0 bridgehead atoms. The SMILES string of the molecule is CC(C)(C)C(=O)NCCC(=O)Nc1ccc(N2CCSCC2)c(Cl)c1. The number of halogens is 1. The highest BCUT2D eigenvalue weighted by Gasteiger charge is 2.20. The van der Waals surface area contributed by atoms with E-state index in [9.17, 15) is 9.59 Å². The van der Waals surface area contributed by atoms with Crippen molar-refractivity contribution >= 4 is 46.6 Å². The van der Waals surface area contributed by atoms with Crippen LogP contribution in [0.1, 0.15) is 27.2 Å². The number of nitrogens with one attached hydrogen (secondary N) is 2. The first kappa shape index (κ1) is 19.9. The molecule has 1 heterocycles. The third kappa shape index (κ3) is 6.12. The first-order valence-corrected chi connectivity index (χ1v) is 10.0. The van der Waals surface area contributed by atoms with Crippen molar-refractivity contribution in [3.63, 3.8) is 0 Å². The van der Waals surface area contributed by atoms with Crippen LogP contribution in [0.15, 0.2) is 18.2 Å². The fraction of sp³-hybridized carbons (Fsp3) is 0.556. The van der Waals surface area contributed by atoms with E-state index in [1.165, 1.54) is 0 Å². The molecule has 1 aromatic rings. The summed E-state index contributed by atoms with van der Waals surface area (Å²) in [6.45, 7) is 7.82. The Kier molecular flexibility index (Phi) is 7.02. The third-order valence-corrected chi connectivity index (χ3v) is 5.15. The lowest BCUT2D eigenvalue weighted by Crippen LogP contribution is -2.36. The fourth-order valence-electron chi connectivity index (χ4n) is 2.42. The Morgan fingerprint density at radius 1 is 1.24 bits per heavy atom. The molecule has 7 heteroatoms. The van der Waals surface area contributed by atoms with Crippen LogP contribution in [0.4, 0.5) is 11.4 Å². The molecule has 0 saturated carbocycles. The maximum absolute atomic E-state index is 12.0. The van der Waals surface area contributed by atoms with Crippen LogP contribution in [0.25, 0.3) is 0 Å². The summed E-state index contributed by atoms with van der Waals surface area (Å²) in [5, 5.41) is 6.24. The number of carbonyl (C=O) groups excluding carboxylic acids is 2. The Balaban J connectivity index is 1.84. The maximum Gasteiger partial charge on any atom is 0.226 e. The van der Waals surface area contributed by atoms with Crippen LogP contribution >= 0.6 is 23.4 Å². The molecular weight excluding hydrogens is 358 g/mol. The number of thioether (sulfide) groups is 1. The van der Waals surface area contributed by atoms with Crippen LogP contribution in [0, 0.1) is 5.41 Å². The van der Waals surface area contributed by atoms with Crippen molar-refractivity contribution < 1.29 is 9.59 Å². The van der Waals surface area contributed by atoms with Crippen LogP contribution in [0.3, 0.4) is 0 Å². The summed E-state index contributed by atoms with van der Waals surface area (Å²) in [5.74, 6) is 2.00. The molecule has 0 aliphatic carbocycles. The summed E-state index contributed by atoms with van der Waals surface area (Å²) in [5.41, 5.74) is 1.23. The van der Waals surface area contributed by atoms with Gasteiger partial charge in [-0.15, -0.1) is 0 Å². The molecule has 138 valence electrons. The predicted octanol–water partition coefficient (Wildman–Crippen LogP) is 3.38. The largest absolute Gasteiger partial charge is 0.369 e. The minimum Gasteiger partial charge on any atom is -0.369 e. The van der Waals surface area contributed by atoms with E-state index in [0.29, 0.717) is 17.3 Å². The molecule has 2 rings (SSSR count). The van der Waals surface area contributed by atoms with Gasteiger partial charge >= 0.3 is 0 Å². The smallest absolute Gasteiger partial charge is 0.226 e. The van der Waals surface area contributed by atoms with Gasteiger partial charge in [0.2, 0.25) is 11.8 Å². The summed E-state index contributed by atoms with van der Waals surface area (Å²) in [6.07, 6.45) is 0.227. The molecular formula is C18H26ClN3O2S. The highest BCUT2D eigenvalue weighted by molar-refractivity contribution is 7.99. The lowest BCUT2D eigenvalue weighted by atomic mass is 9.96. The molecule has 0 aromatic heterocycles. The second-order valence-electron chi connectivity index (χ2n) is 7.07. The Morgan fingerprint density at radius 3 is 2.52 bits per heavy atom. The monoisotopic (exact) mass is 383 g/mol. The third-order valence-electron chi connectivity index (χ3n) is 3.90. The summed E-state index contributed by atoms with van der Waals surface area (Å²) in [7, 11) is 0. The number of hydrogen-bond donors (Lipinski definition) is 2. The Bertz CT molecular complexity index is 625. The van der Waals surface area contributed by atoms with Crippen LogP contribution in [-0.4, -0.2) is 43.0 Å². The van der Waals surface area contributed by atoms with E-state index in [1.807, 2.05) is 44.7 Å². The minimum absolute atomic E-state index is 0.0626. The van der Waals surface area contributed by atoms with E-state index in [4.69, 9.17) is 11.6 Å². The lowest BCUT2D eigenvalue weighted by Gasteiger charge is -2.29. The molecule has 1 aliphatic rings. The van der Waals surface area contributed by atoms with E-state index >= 15 is 0 Å². The van der Waals surface area contributed by atoms with Crippen LogP contribution in [-0.2, 0) is 9.59 Å². The minimum atomic E-state index is -0.452. The van der Waals surface area contributed by atoms with Gasteiger partial charge in [0.1, 0.15) is 0 Å². The molecule has 25 heavy (non-hydrogen) atoms. The second kappa shape index (κ2) is 8.81. The van der Waals surface area contributed by atoms with Gasteiger partial charge in [0.15, 0.2) is 0 Å². The average molecular weight is 384 g/mol. The molecule has 1 fully saturated rings. The molecule has 2 amide bonds. The first-order chi connectivity index (χ1) is 11.8. The van der Waals surface area contributed by atoms with Gasteiger partial charge in [0.05, 0.1) is 10.7 Å². The van der Waals surface area contributed by atoms with Gasteiger partial charge in [-0.2, -0.15) is 11.8 Å². The van der Waals surface area contributed by atoms with E-state index in [-0.39, 0.29) is 18.2 Å². The summed E-state index contributed by atoms with van der Waals surface area (Å²) in [4.78, 5) is 26.1. The highest BCUT2D eigenvalue weighted by Crippen LogP contribution is 2.30. The number of hydrogen-bond acceptors (Lipinski definition) is 4. The van der Waals surface area contributed by atoms with Crippen molar-refractivity contribution in [2.24, 2.45) is 5.41 Å². The quantitative estimate of drug-likeness (QED) is 0.818. The number of nitrogens with zero attached hydrogens (tertiary/aromatic N) is 1. The molecule has 1 aliphatic heterocycles. The van der Waals surface area contributed by atoms with Gasteiger partial charge in [0.25, 0.3) is 0 Å². The fourth-order valence-corrected chi connectivity index (χ4v) is 3.63. The highest BCUT2D eigenvalue weighted by atomic mass is 35.5. The van der Waals surface area contributed by atoms with Gasteiger partial charge in [-0.3, -0.25) is 9.59 Å². The molecule has 0 unspecified atom stereocenters. The Morgan fingerprint density at radius 2 is 1.92 bits per heavy atom. The van der Waals surface area contributed by atoms with Crippen molar-refractivity contribution in [3.8, 4) is 0 Å². The van der Waals surface area contributed by atoms with Gasteiger partial charge in [0, 0.05) is 48.7 Å². The van der Waals surface area contributed by atoms with Crippen LogP contribution < -0.4 is 15.5 Å². The zero-order valence-electron chi connectivity index (χ0n) is 15.0. The molecule has 1 aromatic carbocycles. The standard InChI is InChI=1S/C18H26ClN3O2S/c1-18(2,3)17(24)20-7-6-16(23)21-13-4-5-15(14(19)12-13)22-8-10-25-11-9-22/h4-5,12H,6-11H2,1-3H3,(H,20,24)(H,21,23). The van der Waals surface area contributed by atoms with Gasteiger partial charge in [-0.25, -0.2) is 0 Å². The number of anilines is 2. The maximum atomic E-state index is 12.0. The number of benzene rings is 1. The molecule has 2 N–H and O–H groups in total. The topological polar surface area (TPSA) is 61.4 Å². The second-order valence-corrected chi connectivity index (χ2v) is 8.70. The lowest BCUT2D eigenvalue weighted by molar-refractivity contribution is -0.128. The normalized spacial score (nSPS) is 15.0. The first-order valence-electron chi connectivity index (χ1n) is 8.48. The summed E-state index contributed by atoms with van der Waals surface area (Å²) >= 11 is 8.34. The van der Waals surface area contributed by atoms with Gasteiger partial charge < -0.3 is 15.5 Å². The van der Waals surface area contributed by atoms with E-state index in [0.717, 1.165) is 30.3 Å². The summed E-state index contributed by atoms with van der Waals surface area (Å²) < 4.78 is 0. The molecule has 1 saturated heterocycles. The van der Waals surface area contributed by atoms with E-state index < -0.39 is 5.41 Å². The Labute approximate surface area is 158 Å². The Hall–Kier alpha value is -1.40. The zero-order valence-corrected chi connectivity index (χ0v) is 16.6. The van der Waals surface area contributed by atoms with E-state index in [1.54, 1.807) is 6.07 Å². The number of carbonyl (C=O) groups is 2. The van der Waals surface area contributed by atoms with Crippen molar-refractivity contribution in [3.05, 3.63) is 23.2 Å². The van der Waals surface area contributed by atoms with Crippen molar-refractivity contribution in [2.75, 3.05) is 41.4 Å². The van der Waals surface area contributed by atoms with Gasteiger partial charge in [-0.1, -0.05) is 32.4 Å². The van der Waals surface area contributed by atoms with Crippen LogP contribution in [0.5, 0.6) is 0 Å². The number of rotatable bonds is 5. The predicted molar refractivity (Wildman–Crippen MR) is 107 cm³/mol. The summed E-state index contributed by atoms with van der Waals surface area (Å²) in [6, 6.07) is 5.61. The average Bonchev–Trinajstić information content (AvgIpc) is 2.54. The molecule has 0 atom stereocenters. The van der Waals surface area contributed by atoms with E-state index in [2.05, 4.69) is 15.5 Å². The number of amides is 2. The van der Waals surface area contributed by atoms with Crippen molar-refractivity contribution in [1.82, 2.24) is 5.32 Å². The zero-order chi connectivity index (χ0) is 18.4. The molecule has 0 spiro atoms. The molecule has 0 radical (unpaired) electrons. The van der Waals surface area contributed by atoms with Crippen molar-refractivity contribution in [2.45, 2.75) is 27.2 Å². The molecule has 5 nitrogen and oxygen atoms in total. The van der Waals surface area contributed by atoms with Crippen molar-refractivity contribution in [1.29, 1.82) is 0 Å². The van der Waals surface area contributed by atoms with Gasteiger partial charge in [-0.05, 0) is 18.2 Å². The van der Waals surface area contributed by atoms with Crippen LogP contribution in [0.2, 0.25) is 5.02 Å².